The van der Waals surface area contributed by atoms with E-state index in [1.54, 1.807) is 12.1 Å². The second kappa shape index (κ2) is 9.67. The molecule has 1 aromatic carbocycles. The van der Waals surface area contributed by atoms with Gasteiger partial charge < -0.3 is 15.1 Å². The molecule has 0 spiro atoms. The molecule has 0 atom stereocenters. The van der Waals surface area contributed by atoms with Crippen molar-refractivity contribution in [3.05, 3.63) is 88.9 Å². The molecule has 2 N–H and O–H groups in total. The van der Waals surface area contributed by atoms with Gasteiger partial charge in [0.25, 0.3) is 11.8 Å². The molecule has 14 heteroatoms. The lowest BCUT2D eigenvalue weighted by Crippen LogP contribution is -2.26. The fraction of sp³-hybridized carbons (Fsp3) is 0.125. The summed E-state index contributed by atoms with van der Waals surface area (Å²) < 4.78 is 48.6. The number of furan rings is 1. The fourth-order valence-electron chi connectivity index (χ4n) is 3.70. The quantitative estimate of drug-likeness (QED) is 0.324. The minimum atomic E-state index is -4.79. The van der Waals surface area contributed by atoms with Gasteiger partial charge in [0.05, 0.1) is 30.4 Å². The molecule has 0 unspecified atom stereocenters. The van der Waals surface area contributed by atoms with Crippen LogP contribution in [-0.4, -0.2) is 36.2 Å². The van der Waals surface area contributed by atoms with Gasteiger partial charge in [-0.3, -0.25) is 14.3 Å². The van der Waals surface area contributed by atoms with E-state index in [2.05, 4.69) is 25.8 Å². The topological polar surface area (TPSA) is 119 Å². The molecule has 5 aromatic rings. The Labute approximate surface area is 217 Å². The van der Waals surface area contributed by atoms with Crippen molar-refractivity contribution in [2.75, 3.05) is 5.32 Å². The second-order valence-corrected chi connectivity index (χ2v) is 8.51. The molecular weight excluding hydrogens is 527 g/mol. The highest BCUT2D eigenvalue weighted by atomic mass is 35.5. The van der Waals surface area contributed by atoms with Gasteiger partial charge in [-0.05, 0) is 30.3 Å². The van der Waals surface area contributed by atoms with Crippen LogP contribution in [0.1, 0.15) is 32.4 Å². The molecule has 0 aliphatic heterocycles. The number of hydrogen-bond donors (Lipinski definition) is 2. The monoisotopic (exact) mass is 543 g/mol. The number of amides is 2. The number of halogens is 4. The summed E-state index contributed by atoms with van der Waals surface area (Å²) in [7, 11) is 1.50. The molecule has 0 aliphatic rings. The third-order valence-electron chi connectivity index (χ3n) is 5.50. The Morgan fingerprint density at radius 3 is 2.55 bits per heavy atom. The van der Waals surface area contributed by atoms with Crippen molar-refractivity contribution in [3.63, 3.8) is 0 Å². The van der Waals surface area contributed by atoms with Crippen LogP contribution in [0.3, 0.4) is 0 Å². The van der Waals surface area contributed by atoms with Gasteiger partial charge in [-0.1, -0.05) is 23.7 Å². The lowest BCUT2D eigenvalue weighted by molar-refractivity contribution is -0.142. The Morgan fingerprint density at radius 1 is 1.11 bits per heavy atom. The SMILES string of the molecule is Cn1ncc(NC(=O)c2cc3nc(-c4ccc(Cl)cc4)cc(C(F)(F)F)n3n2)c1C(=O)NCc1ccco1. The number of nitrogens with one attached hydrogen (secondary N) is 2. The van der Waals surface area contributed by atoms with E-state index in [0.717, 1.165) is 12.1 Å². The lowest BCUT2D eigenvalue weighted by atomic mass is 10.1. The Balaban J connectivity index is 1.45. The van der Waals surface area contributed by atoms with Gasteiger partial charge in [-0.15, -0.1) is 0 Å². The average Bonchev–Trinajstić information content (AvgIpc) is 3.62. The van der Waals surface area contributed by atoms with Crippen molar-refractivity contribution in [3.8, 4) is 11.3 Å². The summed E-state index contributed by atoms with van der Waals surface area (Å²) in [5.74, 6) is -0.896. The Kier molecular flexibility index (Phi) is 6.36. The van der Waals surface area contributed by atoms with Crippen LogP contribution < -0.4 is 10.6 Å². The number of benzene rings is 1. The van der Waals surface area contributed by atoms with E-state index in [1.807, 2.05) is 0 Å². The van der Waals surface area contributed by atoms with Crippen LogP contribution in [0.5, 0.6) is 0 Å². The number of rotatable bonds is 6. The van der Waals surface area contributed by atoms with Crippen LogP contribution in [0.15, 0.2) is 65.4 Å². The summed E-state index contributed by atoms with van der Waals surface area (Å²) in [6.45, 7) is 0.0959. The summed E-state index contributed by atoms with van der Waals surface area (Å²) >= 11 is 5.88. The molecule has 0 fully saturated rings. The molecule has 4 heterocycles. The van der Waals surface area contributed by atoms with E-state index in [4.69, 9.17) is 16.0 Å². The first-order chi connectivity index (χ1) is 18.1. The zero-order valence-electron chi connectivity index (χ0n) is 19.5. The number of hydrogen-bond acceptors (Lipinski definition) is 6. The maximum atomic E-state index is 13.9. The van der Waals surface area contributed by atoms with Gasteiger partial charge in [0.15, 0.2) is 17.0 Å². The summed E-state index contributed by atoms with van der Waals surface area (Å²) in [5, 5.41) is 13.4. The Hall–Kier alpha value is -4.65. The number of anilines is 1. The van der Waals surface area contributed by atoms with Crippen LogP contribution >= 0.6 is 11.6 Å². The van der Waals surface area contributed by atoms with Crippen LogP contribution in [0.25, 0.3) is 16.9 Å². The third kappa shape index (κ3) is 4.95. The van der Waals surface area contributed by atoms with Crippen molar-refractivity contribution in [2.45, 2.75) is 12.7 Å². The Bertz CT molecular complexity index is 1640. The smallest absolute Gasteiger partial charge is 0.433 e. The summed E-state index contributed by atoms with van der Waals surface area (Å²) in [6, 6.07) is 11.4. The van der Waals surface area contributed by atoms with Gasteiger partial charge >= 0.3 is 6.18 Å². The normalized spacial score (nSPS) is 11.6. The van der Waals surface area contributed by atoms with E-state index >= 15 is 0 Å². The van der Waals surface area contributed by atoms with Crippen molar-refractivity contribution in [1.29, 1.82) is 0 Å². The van der Waals surface area contributed by atoms with E-state index in [0.29, 0.717) is 20.9 Å². The predicted molar refractivity (Wildman–Crippen MR) is 129 cm³/mol. The molecular formula is C24H17ClF3N7O3. The zero-order chi connectivity index (χ0) is 27.0. The molecule has 0 bridgehead atoms. The highest BCUT2D eigenvalue weighted by Gasteiger charge is 2.36. The van der Waals surface area contributed by atoms with Crippen LogP contribution in [-0.2, 0) is 19.8 Å². The van der Waals surface area contributed by atoms with Crippen molar-refractivity contribution in [2.24, 2.45) is 7.05 Å². The highest BCUT2D eigenvalue weighted by Crippen LogP contribution is 2.32. The molecule has 194 valence electrons. The van der Waals surface area contributed by atoms with Crippen LogP contribution in [0.4, 0.5) is 18.9 Å². The standard InChI is InChI=1S/C24H17ClF3N7O3/c1-34-21(23(37)29-11-15-3-2-8-38-15)18(12-30-34)32-22(36)17-10-20-31-16(13-4-6-14(25)7-5-13)9-19(24(26,27)28)35(20)33-17/h2-10,12H,11H2,1H3,(H,29,37)(H,32,36). The Morgan fingerprint density at radius 2 is 1.87 bits per heavy atom. The van der Waals surface area contributed by atoms with Gasteiger partial charge in [0.1, 0.15) is 11.5 Å². The number of carbonyl (C=O) groups excluding carboxylic acids is 2. The maximum Gasteiger partial charge on any atom is 0.433 e. The fourth-order valence-corrected chi connectivity index (χ4v) is 3.83. The first-order valence-electron chi connectivity index (χ1n) is 11.0. The number of fused-ring (bicyclic) bond motifs is 1. The number of aryl methyl sites for hydroxylation is 1. The molecule has 0 saturated heterocycles. The van der Waals surface area contributed by atoms with Gasteiger partial charge in [0, 0.05) is 23.7 Å². The molecule has 38 heavy (non-hydrogen) atoms. The summed E-state index contributed by atoms with van der Waals surface area (Å²) in [5.41, 5.74) is -1.18. The number of aromatic nitrogens is 5. The molecule has 2 amide bonds. The van der Waals surface area contributed by atoms with Crippen molar-refractivity contribution in [1.82, 2.24) is 29.7 Å². The number of carbonyl (C=O) groups is 2. The van der Waals surface area contributed by atoms with Crippen LogP contribution in [0, 0.1) is 0 Å². The zero-order valence-corrected chi connectivity index (χ0v) is 20.2. The minimum absolute atomic E-state index is 0.0211. The molecule has 0 saturated carbocycles. The lowest BCUT2D eigenvalue weighted by Gasteiger charge is -2.11. The summed E-state index contributed by atoms with van der Waals surface area (Å²) in [4.78, 5) is 29.9. The van der Waals surface area contributed by atoms with Gasteiger partial charge in [-0.2, -0.15) is 23.4 Å². The van der Waals surface area contributed by atoms with Gasteiger partial charge in [0.2, 0.25) is 0 Å². The average molecular weight is 544 g/mol. The number of alkyl halides is 3. The molecule has 4 aromatic heterocycles. The van der Waals surface area contributed by atoms with E-state index in [1.165, 1.54) is 48.5 Å². The maximum absolute atomic E-state index is 13.9. The van der Waals surface area contributed by atoms with Gasteiger partial charge in [-0.25, -0.2) is 9.50 Å². The molecule has 5 rings (SSSR count). The highest BCUT2D eigenvalue weighted by molar-refractivity contribution is 6.30. The van der Waals surface area contributed by atoms with Crippen molar-refractivity contribution >= 4 is 34.7 Å². The second-order valence-electron chi connectivity index (χ2n) is 8.08. The van der Waals surface area contributed by atoms with E-state index < -0.39 is 23.7 Å². The van der Waals surface area contributed by atoms with E-state index in [9.17, 15) is 22.8 Å². The molecule has 10 nitrogen and oxygen atoms in total. The summed E-state index contributed by atoms with van der Waals surface area (Å²) in [6.07, 6.45) is -2.08. The first kappa shape index (κ1) is 25.0. The molecule has 0 radical (unpaired) electrons. The first-order valence-corrected chi connectivity index (χ1v) is 11.4. The molecule has 0 aliphatic carbocycles. The van der Waals surface area contributed by atoms with Crippen molar-refractivity contribution < 1.29 is 27.2 Å². The number of nitrogens with zero attached hydrogens (tertiary/aromatic N) is 5. The third-order valence-corrected chi connectivity index (χ3v) is 5.75. The largest absolute Gasteiger partial charge is 0.467 e. The van der Waals surface area contributed by atoms with Crippen LogP contribution in [0.2, 0.25) is 5.02 Å². The minimum Gasteiger partial charge on any atom is -0.467 e. The predicted octanol–water partition coefficient (Wildman–Crippen LogP) is 4.58. The van der Waals surface area contributed by atoms with E-state index in [-0.39, 0.29) is 35.0 Å².